The van der Waals surface area contributed by atoms with Crippen LogP contribution in [0.3, 0.4) is 0 Å². The van der Waals surface area contributed by atoms with Gasteiger partial charge in [-0.05, 0) is 0 Å². The van der Waals surface area contributed by atoms with Crippen LogP contribution in [-0.2, 0) is 47.7 Å². The van der Waals surface area contributed by atoms with E-state index in [9.17, 15) is 0 Å². The Bertz CT molecular complexity index is 8.00. The van der Waals surface area contributed by atoms with Crippen LogP contribution in [0.4, 0.5) is 0 Å². The second kappa shape index (κ2) is 21.9. The first kappa shape index (κ1) is 17.2. The van der Waals surface area contributed by atoms with E-state index in [0.717, 1.165) is 0 Å². The van der Waals surface area contributed by atoms with Crippen LogP contribution in [0.2, 0.25) is 0 Å². The van der Waals surface area contributed by atoms with Gasteiger partial charge in [0.1, 0.15) is 0 Å². The molecule has 0 spiro atoms. The average Bonchev–Trinajstić information content (AvgIpc) is 1.00. The van der Waals surface area contributed by atoms with Gasteiger partial charge in [-0.15, -0.1) is 0 Å². The van der Waals surface area contributed by atoms with Crippen molar-refractivity contribution in [1.29, 1.82) is 0 Å². The zero-order valence-corrected chi connectivity index (χ0v) is 5.36. The van der Waals surface area contributed by atoms with Crippen molar-refractivity contribution in [2.24, 2.45) is 0 Å². The molecule has 4 heavy (non-hydrogen) atoms. The van der Waals surface area contributed by atoms with Crippen molar-refractivity contribution in [3.05, 3.63) is 0 Å². The van der Waals surface area contributed by atoms with E-state index in [1.165, 1.54) is 0 Å². The van der Waals surface area contributed by atoms with Gasteiger partial charge in [-0.1, -0.05) is 0 Å². The Kier molecular flexibility index (Phi) is 94.1. The summed E-state index contributed by atoms with van der Waals surface area (Å²) in [6.07, 6.45) is 0. The first-order valence-corrected chi connectivity index (χ1v) is 1.79. The summed E-state index contributed by atoms with van der Waals surface area (Å²) in [5, 5.41) is 0. The van der Waals surface area contributed by atoms with E-state index in [4.69, 9.17) is 0 Å². The van der Waals surface area contributed by atoms with Gasteiger partial charge >= 0.3 is 24.9 Å². The van der Waals surface area contributed by atoms with Gasteiger partial charge in [0.05, 0.1) is 0 Å². The first-order valence-electron chi connectivity index (χ1n) is 0.144. The molecule has 0 aliphatic carbocycles. The van der Waals surface area contributed by atoms with E-state index in [1.807, 2.05) is 0 Å². The Morgan fingerprint density at radius 3 is 1.25 bits per heavy atom. The van der Waals surface area contributed by atoms with Crippen molar-refractivity contribution in [1.82, 2.24) is 0 Å². The van der Waals surface area contributed by atoms with Gasteiger partial charge in [0, 0.05) is 33.3 Å². The molecule has 0 N–H and O–H groups in total. The van der Waals surface area contributed by atoms with E-state index in [1.54, 1.807) is 0 Å². The maximum atomic E-state index is 3.83. The summed E-state index contributed by atoms with van der Waals surface area (Å²) in [4.78, 5) is 0. The van der Waals surface area contributed by atoms with Crippen LogP contribution in [0.5, 0.6) is 0 Å². The molecule has 4 heteroatoms. The number of hydrogen-bond donors (Lipinski definition) is 0. The third-order valence-corrected chi connectivity index (χ3v) is 0. The molecule has 0 bridgehead atoms. The van der Waals surface area contributed by atoms with Gasteiger partial charge in [-0.3, -0.25) is 0 Å². The van der Waals surface area contributed by atoms with E-state index in [0.29, 0.717) is 0 Å². The van der Waals surface area contributed by atoms with Gasteiger partial charge in [0.25, 0.3) is 0 Å². The minimum absolute atomic E-state index is 0. The molecule has 0 fully saturated rings. The second-order valence-electron chi connectivity index (χ2n) is 0. The van der Waals surface area contributed by atoms with E-state index >= 15 is 0 Å². The standard InChI is InChI=1S/Co.Fe.Ni.S. The maximum absolute atomic E-state index is 3.83. The zero-order valence-electron chi connectivity index (χ0n) is 1.41. The Morgan fingerprint density at radius 2 is 1.25 bits per heavy atom. The monoisotopic (exact) mass is 205 g/mol. The van der Waals surface area contributed by atoms with Crippen LogP contribution in [0.1, 0.15) is 0 Å². The summed E-state index contributed by atoms with van der Waals surface area (Å²) in [7, 11) is 3.83. The zero-order chi connectivity index (χ0) is 2.00. The molecule has 0 nitrogen and oxygen atoms in total. The average molecular weight is 206 g/mol. The Balaban J connectivity index is -0.00000000500. The number of rotatable bonds is 0. The van der Waals surface area contributed by atoms with Gasteiger partial charge in [0.2, 0.25) is 0 Å². The molecule has 33 valence electrons. The van der Waals surface area contributed by atoms with Gasteiger partial charge < -0.3 is 0 Å². The molecule has 0 unspecified atom stereocenters. The molecule has 0 aromatic rings. The molecule has 0 aromatic carbocycles. The Morgan fingerprint density at radius 1 is 1.25 bits per heavy atom. The summed E-state index contributed by atoms with van der Waals surface area (Å²) in [5.41, 5.74) is 0. The van der Waals surface area contributed by atoms with Crippen molar-refractivity contribution < 1.29 is 47.7 Å². The summed E-state index contributed by atoms with van der Waals surface area (Å²) < 4.78 is 0. The van der Waals surface area contributed by atoms with Crippen LogP contribution in [-0.4, -0.2) is 0 Å². The van der Waals surface area contributed by atoms with Crippen molar-refractivity contribution in [3.8, 4) is 0 Å². The normalized spacial score (nSPS) is 1.25. The second-order valence-corrected chi connectivity index (χ2v) is 0. The molecule has 0 amide bonds. The van der Waals surface area contributed by atoms with Crippen LogP contribution < -0.4 is 0 Å². The van der Waals surface area contributed by atoms with Gasteiger partial charge in [-0.25, -0.2) is 0 Å². The summed E-state index contributed by atoms with van der Waals surface area (Å²) in [6, 6.07) is 0. The topological polar surface area (TPSA) is 0 Å². The molecule has 0 atom stereocenters. The third-order valence-electron chi connectivity index (χ3n) is 0. The SMILES string of the molecule is [Co].[Ni].[S]=[Fe]. The fourth-order valence-corrected chi connectivity index (χ4v) is 0. The molecule has 0 saturated carbocycles. The molecule has 0 aliphatic heterocycles. The molecule has 0 aromatic heterocycles. The van der Waals surface area contributed by atoms with E-state index in [2.05, 4.69) is 24.9 Å². The van der Waals surface area contributed by atoms with E-state index in [-0.39, 0.29) is 33.3 Å². The predicted octanol–water partition coefficient (Wildman–Crippen LogP) is 0.641. The Labute approximate surface area is 57.9 Å². The molecular formula is CoFeNiS. The quantitative estimate of drug-likeness (QED) is 0.523. The summed E-state index contributed by atoms with van der Waals surface area (Å²) in [5.74, 6) is 0. The Hall–Kier alpha value is 1.74. The molecule has 0 heterocycles. The van der Waals surface area contributed by atoms with Crippen LogP contribution in [0, 0.1) is 0 Å². The summed E-state index contributed by atoms with van der Waals surface area (Å²) in [6.45, 7) is 0. The molecular weight excluding hydrogens is 206 g/mol. The van der Waals surface area contributed by atoms with E-state index < -0.39 is 0 Å². The fourth-order valence-electron chi connectivity index (χ4n) is 0. The van der Waals surface area contributed by atoms with Crippen molar-refractivity contribution in [3.63, 3.8) is 0 Å². The fraction of sp³-hybridized carbons (Fsp3) is 0. The third kappa shape index (κ3) is 9.27. The van der Waals surface area contributed by atoms with Crippen molar-refractivity contribution >= 4 is 10.6 Å². The number of hydrogen-bond acceptors (Lipinski definition) is 1. The molecule has 1 radical (unpaired) electrons. The van der Waals surface area contributed by atoms with Gasteiger partial charge in [0.15, 0.2) is 0 Å². The molecule has 0 rings (SSSR count). The van der Waals surface area contributed by atoms with Crippen LogP contribution in [0.25, 0.3) is 0 Å². The van der Waals surface area contributed by atoms with Crippen LogP contribution >= 0.6 is 10.6 Å². The van der Waals surface area contributed by atoms with Crippen molar-refractivity contribution in [2.75, 3.05) is 0 Å². The summed E-state index contributed by atoms with van der Waals surface area (Å²) >= 11 is 2.83. The first-order chi connectivity index (χ1) is 1.00. The van der Waals surface area contributed by atoms with Crippen LogP contribution in [0.15, 0.2) is 0 Å². The molecule has 0 aliphatic rings. The van der Waals surface area contributed by atoms with Crippen molar-refractivity contribution in [2.45, 2.75) is 0 Å². The minimum atomic E-state index is 0. The van der Waals surface area contributed by atoms with Gasteiger partial charge in [-0.2, -0.15) is 0 Å². The predicted molar refractivity (Wildman–Crippen MR) is 7.59 cm³/mol. The molecule has 0 saturated heterocycles.